The summed E-state index contributed by atoms with van der Waals surface area (Å²) in [7, 11) is 1.75. The molecule has 7 heteroatoms. The fourth-order valence-corrected chi connectivity index (χ4v) is 2.48. The van der Waals surface area contributed by atoms with Crippen LogP contribution in [-0.2, 0) is 7.05 Å². The summed E-state index contributed by atoms with van der Waals surface area (Å²) in [4.78, 5) is 15.2. The van der Waals surface area contributed by atoms with E-state index in [0.717, 1.165) is 5.56 Å². The topological polar surface area (TPSA) is 73.6 Å². The van der Waals surface area contributed by atoms with Crippen molar-refractivity contribution in [2.75, 3.05) is 13.2 Å². The lowest BCUT2D eigenvalue weighted by Gasteiger charge is -2.18. The van der Waals surface area contributed by atoms with Gasteiger partial charge in [0.15, 0.2) is 17.2 Å². The standard InChI is InChI=1S/C13H11BrN2O4/c1-16-11(14)10(13(17)18)15-12(16)7-2-3-8-9(6-7)20-5-4-19-8/h2-3,6H,4-5H2,1H3,(H,17,18). The Kier molecular flexibility index (Phi) is 3.13. The molecule has 0 spiro atoms. The van der Waals surface area contributed by atoms with Gasteiger partial charge in [0.05, 0.1) is 0 Å². The van der Waals surface area contributed by atoms with Gasteiger partial charge in [-0.2, -0.15) is 0 Å². The van der Waals surface area contributed by atoms with Gasteiger partial charge in [0.1, 0.15) is 23.6 Å². The molecule has 0 amide bonds. The van der Waals surface area contributed by atoms with Crippen molar-refractivity contribution in [3.05, 3.63) is 28.5 Å². The molecule has 0 atom stereocenters. The van der Waals surface area contributed by atoms with Gasteiger partial charge in [0.2, 0.25) is 0 Å². The van der Waals surface area contributed by atoms with E-state index in [4.69, 9.17) is 14.6 Å². The predicted octanol–water partition coefficient (Wildman–Crippen LogP) is 2.32. The zero-order valence-corrected chi connectivity index (χ0v) is 12.2. The number of imidazole rings is 1. The average Bonchev–Trinajstić information content (AvgIpc) is 2.75. The number of hydrogen-bond donors (Lipinski definition) is 1. The Balaban J connectivity index is 2.09. The zero-order valence-electron chi connectivity index (χ0n) is 10.6. The number of ether oxygens (including phenoxy) is 2. The second-order valence-electron chi connectivity index (χ2n) is 4.30. The third-order valence-corrected chi connectivity index (χ3v) is 3.94. The Labute approximate surface area is 123 Å². The molecule has 1 aliphatic heterocycles. The van der Waals surface area contributed by atoms with E-state index in [1.807, 2.05) is 6.07 Å². The third kappa shape index (κ3) is 2.03. The summed E-state index contributed by atoms with van der Waals surface area (Å²) in [5.41, 5.74) is 0.752. The minimum absolute atomic E-state index is 0.0163. The largest absolute Gasteiger partial charge is 0.486 e. The lowest BCUT2D eigenvalue weighted by Crippen LogP contribution is -2.15. The highest BCUT2D eigenvalue weighted by atomic mass is 79.9. The highest BCUT2D eigenvalue weighted by Crippen LogP contribution is 2.35. The van der Waals surface area contributed by atoms with E-state index in [-0.39, 0.29) is 5.69 Å². The lowest BCUT2D eigenvalue weighted by molar-refractivity contribution is 0.0690. The molecular formula is C13H11BrN2O4. The maximum atomic E-state index is 11.1. The van der Waals surface area contributed by atoms with Crippen LogP contribution >= 0.6 is 15.9 Å². The van der Waals surface area contributed by atoms with Gasteiger partial charge < -0.3 is 19.1 Å². The Morgan fingerprint density at radius 2 is 2.05 bits per heavy atom. The van der Waals surface area contributed by atoms with E-state index in [2.05, 4.69) is 20.9 Å². The molecule has 2 aromatic rings. The molecule has 0 radical (unpaired) electrons. The first kappa shape index (κ1) is 13.0. The number of carboxylic acids is 1. The van der Waals surface area contributed by atoms with Crippen molar-refractivity contribution in [2.24, 2.45) is 7.05 Å². The molecule has 3 rings (SSSR count). The third-order valence-electron chi connectivity index (χ3n) is 3.03. The van der Waals surface area contributed by atoms with Crippen LogP contribution in [-0.4, -0.2) is 33.8 Å². The Morgan fingerprint density at radius 1 is 1.35 bits per heavy atom. The number of halogens is 1. The minimum atomic E-state index is -1.07. The van der Waals surface area contributed by atoms with Crippen molar-refractivity contribution >= 4 is 21.9 Å². The minimum Gasteiger partial charge on any atom is -0.486 e. The second kappa shape index (κ2) is 4.82. The van der Waals surface area contributed by atoms with Crippen LogP contribution in [0.2, 0.25) is 0 Å². The van der Waals surface area contributed by atoms with Crippen LogP contribution < -0.4 is 9.47 Å². The summed E-state index contributed by atoms with van der Waals surface area (Å²) in [5.74, 6) is 0.805. The van der Waals surface area contributed by atoms with Crippen molar-refractivity contribution in [2.45, 2.75) is 0 Å². The molecule has 0 fully saturated rings. The summed E-state index contributed by atoms with van der Waals surface area (Å²) >= 11 is 3.24. The SMILES string of the molecule is Cn1c(-c2ccc3c(c2)OCCO3)nc(C(=O)O)c1Br. The number of rotatable bonds is 2. The van der Waals surface area contributed by atoms with Crippen LogP contribution in [0.15, 0.2) is 22.8 Å². The van der Waals surface area contributed by atoms with E-state index in [1.54, 1.807) is 23.7 Å². The summed E-state index contributed by atoms with van der Waals surface area (Å²) in [6, 6.07) is 5.43. The van der Waals surface area contributed by atoms with E-state index in [9.17, 15) is 4.79 Å². The van der Waals surface area contributed by atoms with Gasteiger partial charge in [-0.1, -0.05) is 0 Å². The van der Waals surface area contributed by atoms with Crippen LogP contribution in [0, 0.1) is 0 Å². The highest BCUT2D eigenvalue weighted by molar-refractivity contribution is 9.10. The average molecular weight is 339 g/mol. The van der Waals surface area contributed by atoms with Crippen LogP contribution in [0.4, 0.5) is 0 Å². The molecule has 104 valence electrons. The monoisotopic (exact) mass is 338 g/mol. The molecule has 0 unspecified atom stereocenters. The van der Waals surface area contributed by atoms with Crippen LogP contribution in [0.5, 0.6) is 11.5 Å². The number of benzene rings is 1. The van der Waals surface area contributed by atoms with E-state index in [1.165, 1.54) is 0 Å². The number of nitrogens with zero attached hydrogens (tertiary/aromatic N) is 2. The first-order valence-electron chi connectivity index (χ1n) is 5.93. The van der Waals surface area contributed by atoms with Crippen molar-refractivity contribution in [3.8, 4) is 22.9 Å². The smallest absolute Gasteiger partial charge is 0.357 e. The molecule has 1 N–H and O–H groups in total. The highest BCUT2D eigenvalue weighted by Gasteiger charge is 2.20. The molecule has 0 aliphatic carbocycles. The number of fused-ring (bicyclic) bond motifs is 1. The van der Waals surface area contributed by atoms with Gasteiger partial charge in [-0.3, -0.25) is 0 Å². The Hall–Kier alpha value is -2.02. The van der Waals surface area contributed by atoms with Crippen LogP contribution in [0.3, 0.4) is 0 Å². The molecule has 0 saturated carbocycles. The normalized spacial score (nSPS) is 13.3. The molecule has 0 saturated heterocycles. The maximum Gasteiger partial charge on any atom is 0.357 e. The Morgan fingerprint density at radius 3 is 2.70 bits per heavy atom. The Bertz CT molecular complexity index is 696. The molecule has 1 aromatic heterocycles. The van der Waals surface area contributed by atoms with Gasteiger partial charge in [0, 0.05) is 12.6 Å². The summed E-state index contributed by atoms with van der Waals surface area (Å²) in [6.45, 7) is 1.03. The van der Waals surface area contributed by atoms with Gasteiger partial charge in [-0.25, -0.2) is 9.78 Å². The van der Waals surface area contributed by atoms with Crippen molar-refractivity contribution in [1.29, 1.82) is 0 Å². The quantitative estimate of drug-likeness (QED) is 0.909. The van der Waals surface area contributed by atoms with E-state index >= 15 is 0 Å². The fourth-order valence-electron chi connectivity index (χ4n) is 2.06. The number of hydrogen-bond acceptors (Lipinski definition) is 4. The van der Waals surface area contributed by atoms with Gasteiger partial charge in [-0.05, 0) is 34.1 Å². The van der Waals surface area contributed by atoms with E-state index < -0.39 is 5.97 Å². The lowest BCUT2D eigenvalue weighted by atomic mass is 10.2. The molecular weight excluding hydrogens is 328 g/mol. The first-order chi connectivity index (χ1) is 9.58. The second-order valence-corrected chi connectivity index (χ2v) is 5.05. The van der Waals surface area contributed by atoms with Crippen molar-refractivity contribution in [1.82, 2.24) is 9.55 Å². The van der Waals surface area contributed by atoms with E-state index in [0.29, 0.717) is 35.1 Å². The molecule has 1 aromatic carbocycles. The molecule has 2 heterocycles. The molecule has 0 bridgehead atoms. The summed E-state index contributed by atoms with van der Waals surface area (Å²) < 4.78 is 13.1. The first-order valence-corrected chi connectivity index (χ1v) is 6.72. The van der Waals surface area contributed by atoms with Crippen molar-refractivity contribution in [3.63, 3.8) is 0 Å². The predicted molar refractivity (Wildman–Crippen MR) is 74.3 cm³/mol. The summed E-state index contributed by atoms with van der Waals surface area (Å²) in [5, 5.41) is 9.09. The molecule has 20 heavy (non-hydrogen) atoms. The van der Waals surface area contributed by atoms with Gasteiger partial charge >= 0.3 is 5.97 Å². The van der Waals surface area contributed by atoms with Gasteiger partial charge in [-0.15, -0.1) is 0 Å². The fraction of sp³-hybridized carbons (Fsp3) is 0.231. The zero-order chi connectivity index (χ0) is 14.3. The van der Waals surface area contributed by atoms with Crippen LogP contribution in [0.25, 0.3) is 11.4 Å². The van der Waals surface area contributed by atoms with Crippen molar-refractivity contribution < 1.29 is 19.4 Å². The number of aromatic nitrogens is 2. The van der Waals surface area contributed by atoms with Crippen LogP contribution in [0.1, 0.15) is 10.5 Å². The number of carboxylic acid groups (broad SMARTS) is 1. The van der Waals surface area contributed by atoms with Gasteiger partial charge in [0.25, 0.3) is 0 Å². The molecule has 6 nitrogen and oxygen atoms in total. The summed E-state index contributed by atoms with van der Waals surface area (Å²) in [6.07, 6.45) is 0. The molecule has 1 aliphatic rings. The number of carbonyl (C=O) groups is 1. The number of aromatic carboxylic acids is 1. The maximum absolute atomic E-state index is 11.1.